The summed E-state index contributed by atoms with van der Waals surface area (Å²) in [6.07, 6.45) is 4.23. The van der Waals surface area contributed by atoms with Gasteiger partial charge in [-0.15, -0.1) is 0 Å². The molecule has 0 bridgehead atoms. The van der Waals surface area contributed by atoms with Crippen LogP contribution in [0.2, 0.25) is 0 Å². The molecule has 2 aliphatic heterocycles. The van der Waals surface area contributed by atoms with Gasteiger partial charge in [-0.2, -0.15) is 0 Å². The second-order valence-electron chi connectivity index (χ2n) is 8.97. The summed E-state index contributed by atoms with van der Waals surface area (Å²) in [5.41, 5.74) is 1.81. The van der Waals surface area contributed by atoms with Gasteiger partial charge in [-0.3, -0.25) is 9.59 Å². The smallest absolute Gasteiger partial charge is 0.280 e. The van der Waals surface area contributed by atoms with Crippen molar-refractivity contribution in [2.75, 3.05) is 32.8 Å². The average Bonchev–Trinajstić information content (AvgIpc) is 3.21. The van der Waals surface area contributed by atoms with Crippen LogP contribution in [0.3, 0.4) is 0 Å². The Hall–Kier alpha value is -2.71. The largest absolute Gasteiger partial charge is 0.441 e. The van der Waals surface area contributed by atoms with Crippen molar-refractivity contribution in [3.8, 4) is 11.5 Å². The summed E-state index contributed by atoms with van der Waals surface area (Å²) >= 11 is 0. The van der Waals surface area contributed by atoms with Gasteiger partial charge in [0.15, 0.2) is 0 Å². The Morgan fingerprint density at radius 1 is 1.12 bits per heavy atom. The van der Waals surface area contributed by atoms with Crippen molar-refractivity contribution in [1.82, 2.24) is 15.2 Å². The monoisotopic (exact) mass is 455 g/mol. The van der Waals surface area contributed by atoms with E-state index in [-0.39, 0.29) is 24.3 Å². The Labute approximate surface area is 194 Å². The second-order valence-corrected chi connectivity index (χ2v) is 8.97. The average molecular weight is 456 g/mol. The molecular formula is C25H33N3O5. The molecule has 0 aliphatic carbocycles. The van der Waals surface area contributed by atoms with Gasteiger partial charge in [0.1, 0.15) is 5.76 Å². The molecular weight excluding hydrogens is 422 g/mol. The lowest BCUT2D eigenvalue weighted by molar-refractivity contribution is -0.259. The van der Waals surface area contributed by atoms with Crippen molar-refractivity contribution in [3.05, 3.63) is 41.8 Å². The molecule has 0 spiro atoms. The molecule has 1 aromatic heterocycles. The van der Waals surface area contributed by atoms with Gasteiger partial charge >= 0.3 is 0 Å². The van der Waals surface area contributed by atoms with E-state index in [2.05, 4.69) is 10.3 Å². The van der Waals surface area contributed by atoms with E-state index < -0.39 is 5.79 Å². The van der Waals surface area contributed by atoms with Gasteiger partial charge in [0, 0.05) is 44.0 Å². The van der Waals surface area contributed by atoms with E-state index in [1.165, 1.54) is 6.42 Å². The summed E-state index contributed by atoms with van der Waals surface area (Å²) in [5, 5.41) is 2.79. The van der Waals surface area contributed by atoms with Gasteiger partial charge < -0.3 is 24.1 Å². The molecule has 2 saturated heterocycles. The molecule has 1 N–H and O–H groups in total. The van der Waals surface area contributed by atoms with E-state index in [0.717, 1.165) is 42.9 Å². The third-order valence-electron chi connectivity index (χ3n) is 6.33. The molecule has 178 valence electrons. The van der Waals surface area contributed by atoms with Crippen LogP contribution >= 0.6 is 0 Å². The highest BCUT2D eigenvalue weighted by Crippen LogP contribution is 2.27. The number of amides is 2. The van der Waals surface area contributed by atoms with Gasteiger partial charge in [0.25, 0.3) is 5.91 Å². The Bertz CT molecular complexity index is 944. The number of piperidine rings is 1. The third kappa shape index (κ3) is 5.81. The fourth-order valence-electron chi connectivity index (χ4n) is 4.23. The van der Waals surface area contributed by atoms with Crippen LogP contribution in [0.1, 0.15) is 44.1 Å². The predicted molar refractivity (Wildman–Crippen MR) is 122 cm³/mol. The highest BCUT2D eigenvalue weighted by molar-refractivity contribution is 5.84. The maximum absolute atomic E-state index is 12.6. The summed E-state index contributed by atoms with van der Waals surface area (Å²) in [4.78, 5) is 31.4. The summed E-state index contributed by atoms with van der Waals surface area (Å²) < 4.78 is 17.5. The molecule has 8 heteroatoms. The molecule has 4 rings (SSSR count). The number of likely N-dealkylation sites (tertiary alicyclic amines) is 1. The number of nitrogens with one attached hydrogen (secondary N) is 1. The molecule has 0 unspecified atom stereocenters. The molecule has 0 radical (unpaired) electrons. The molecule has 2 amide bonds. The summed E-state index contributed by atoms with van der Waals surface area (Å²) in [5.74, 6) is -0.167. The topological polar surface area (TPSA) is 93.9 Å². The number of nitrogens with zero attached hydrogens (tertiary/aromatic N) is 2. The number of carbonyl (C=O) groups is 2. The van der Waals surface area contributed by atoms with Crippen molar-refractivity contribution in [2.45, 2.75) is 51.7 Å². The van der Waals surface area contributed by atoms with E-state index in [0.29, 0.717) is 31.9 Å². The van der Waals surface area contributed by atoms with Gasteiger partial charge in [0.2, 0.25) is 17.6 Å². The van der Waals surface area contributed by atoms with Crippen LogP contribution in [-0.2, 0) is 25.5 Å². The zero-order valence-corrected chi connectivity index (χ0v) is 19.5. The van der Waals surface area contributed by atoms with E-state index in [4.69, 9.17) is 13.9 Å². The van der Waals surface area contributed by atoms with Crippen LogP contribution in [0.5, 0.6) is 0 Å². The lowest BCUT2D eigenvalue weighted by Gasteiger charge is -2.36. The predicted octanol–water partition coefficient (Wildman–Crippen LogP) is 3.09. The first-order valence-electron chi connectivity index (χ1n) is 11.8. The molecule has 2 fully saturated rings. The third-order valence-corrected chi connectivity index (χ3v) is 6.33. The van der Waals surface area contributed by atoms with E-state index in [1.807, 2.05) is 42.2 Å². The summed E-state index contributed by atoms with van der Waals surface area (Å²) in [7, 11) is 0. The number of carbonyl (C=O) groups excluding carboxylic acids is 2. The molecule has 2 aliphatic rings. The minimum Gasteiger partial charge on any atom is -0.441 e. The standard InChI is InChI=1S/C25H33N3O5/c1-18-21(27-23(33-18)20-9-5-3-6-10-20)15-19-16-31-25(2,32-17-19)24(30)26-12-11-22(29)28-13-7-4-8-14-28/h3,5-6,9-10,19H,4,7-8,11-17H2,1-2H3,(H,26,30). The number of ether oxygens (including phenoxy) is 2. The van der Waals surface area contributed by atoms with Crippen molar-refractivity contribution < 1.29 is 23.5 Å². The molecule has 1 aromatic carbocycles. The number of aromatic nitrogens is 1. The van der Waals surface area contributed by atoms with Crippen LogP contribution in [0, 0.1) is 12.8 Å². The van der Waals surface area contributed by atoms with E-state index >= 15 is 0 Å². The van der Waals surface area contributed by atoms with Gasteiger partial charge in [-0.05, 0) is 45.2 Å². The maximum atomic E-state index is 12.6. The van der Waals surface area contributed by atoms with Gasteiger partial charge in [0.05, 0.1) is 18.9 Å². The number of hydrogen-bond donors (Lipinski definition) is 1. The van der Waals surface area contributed by atoms with E-state index in [9.17, 15) is 9.59 Å². The molecule has 3 heterocycles. The highest BCUT2D eigenvalue weighted by Gasteiger charge is 2.40. The first-order chi connectivity index (χ1) is 15.9. The molecule has 33 heavy (non-hydrogen) atoms. The number of hydrogen-bond acceptors (Lipinski definition) is 6. The van der Waals surface area contributed by atoms with Crippen LogP contribution in [0.4, 0.5) is 0 Å². The Kier molecular flexibility index (Phi) is 7.45. The molecule has 8 nitrogen and oxygen atoms in total. The Balaban J connectivity index is 1.23. The van der Waals surface area contributed by atoms with Crippen molar-refractivity contribution >= 4 is 11.8 Å². The van der Waals surface area contributed by atoms with Gasteiger partial charge in [-0.25, -0.2) is 4.98 Å². The fourth-order valence-corrected chi connectivity index (χ4v) is 4.23. The van der Waals surface area contributed by atoms with Crippen LogP contribution < -0.4 is 5.32 Å². The minimum atomic E-state index is -1.35. The zero-order valence-electron chi connectivity index (χ0n) is 19.5. The maximum Gasteiger partial charge on any atom is 0.280 e. The lowest BCUT2D eigenvalue weighted by atomic mass is 10.0. The SMILES string of the molecule is Cc1oc(-c2ccccc2)nc1CC1COC(C)(C(=O)NCCC(=O)N2CCCCC2)OC1. The second kappa shape index (κ2) is 10.5. The Morgan fingerprint density at radius 2 is 1.82 bits per heavy atom. The Morgan fingerprint density at radius 3 is 2.52 bits per heavy atom. The van der Waals surface area contributed by atoms with Crippen molar-refractivity contribution in [2.24, 2.45) is 5.92 Å². The number of aryl methyl sites for hydroxylation is 1. The number of benzene rings is 1. The number of rotatable bonds is 7. The van der Waals surface area contributed by atoms with E-state index in [1.54, 1.807) is 6.92 Å². The van der Waals surface area contributed by atoms with Crippen molar-refractivity contribution in [3.63, 3.8) is 0 Å². The summed E-state index contributed by atoms with van der Waals surface area (Å²) in [6, 6.07) is 9.79. The van der Waals surface area contributed by atoms with Crippen LogP contribution in [0.25, 0.3) is 11.5 Å². The number of oxazole rings is 1. The molecule has 2 aromatic rings. The van der Waals surface area contributed by atoms with Crippen LogP contribution in [0.15, 0.2) is 34.7 Å². The summed E-state index contributed by atoms with van der Waals surface area (Å²) in [6.45, 7) is 6.20. The lowest BCUT2D eigenvalue weighted by Crippen LogP contribution is -2.53. The first-order valence-corrected chi connectivity index (χ1v) is 11.8. The van der Waals surface area contributed by atoms with Gasteiger partial charge in [-0.1, -0.05) is 18.2 Å². The van der Waals surface area contributed by atoms with Crippen molar-refractivity contribution in [1.29, 1.82) is 0 Å². The highest BCUT2D eigenvalue weighted by atomic mass is 16.7. The first kappa shape index (κ1) is 23.4. The molecule has 0 atom stereocenters. The quantitative estimate of drug-likeness (QED) is 0.690. The molecule has 0 saturated carbocycles. The minimum absolute atomic E-state index is 0.0685. The normalized spacial score (nSPS) is 23.3. The zero-order chi connectivity index (χ0) is 23.3. The fraction of sp³-hybridized carbons (Fsp3) is 0.560. The van der Waals surface area contributed by atoms with Crippen LogP contribution in [-0.4, -0.2) is 60.3 Å².